The van der Waals surface area contributed by atoms with E-state index >= 15 is 0 Å². The molecule has 0 amide bonds. The number of nitrogens with zero attached hydrogens (tertiary/aromatic N) is 1. The van der Waals surface area contributed by atoms with Crippen LogP contribution < -0.4 is 5.56 Å². The van der Waals surface area contributed by atoms with Crippen molar-refractivity contribution in [2.24, 2.45) is 0 Å². The highest BCUT2D eigenvalue weighted by Crippen LogP contribution is 2.40. The molecule has 1 aromatic carbocycles. The monoisotopic (exact) mass is 366 g/mol. The van der Waals surface area contributed by atoms with Crippen molar-refractivity contribution < 1.29 is 0 Å². The number of benzene rings is 1. The summed E-state index contributed by atoms with van der Waals surface area (Å²) in [6.07, 6.45) is 4.04. The van der Waals surface area contributed by atoms with Crippen LogP contribution in [-0.2, 0) is 12.8 Å². The summed E-state index contributed by atoms with van der Waals surface area (Å²) in [7, 11) is 0. The Kier molecular flexibility index (Phi) is 3.68. The van der Waals surface area contributed by atoms with Crippen molar-refractivity contribution in [2.75, 3.05) is 0 Å². The molecule has 1 fully saturated rings. The molecule has 0 unspecified atom stereocenters. The van der Waals surface area contributed by atoms with Crippen LogP contribution in [0.25, 0.3) is 0 Å². The summed E-state index contributed by atoms with van der Waals surface area (Å²) in [6, 6.07) is 10.3. The molecular formula is C15H15IN2O. The largest absolute Gasteiger partial charge is 0.310 e. The quantitative estimate of drug-likeness (QED) is 0.846. The summed E-state index contributed by atoms with van der Waals surface area (Å²) < 4.78 is 0.767. The van der Waals surface area contributed by atoms with Crippen LogP contribution in [0.15, 0.2) is 35.1 Å². The molecule has 0 saturated heterocycles. The molecule has 0 bridgehead atoms. The van der Waals surface area contributed by atoms with E-state index in [2.05, 4.69) is 44.7 Å². The first-order valence-corrected chi connectivity index (χ1v) is 7.64. The standard InChI is InChI=1S/C15H15IN2O/c16-13-14(11-7-8-11)17-12(18-15(13)19)9-6-10-4-2-1-3-5-10/h1-5,11H,6-9H2,(H,17,18,19). The van der Waals surface area contributed by atoms with Crippen LogP contribution in [0.4, 0.5) is 0 Å². The third kappa shape index (κ3) is 3.05. The van der Waals surface area contributed by atoms with Crippen molar-refractivity contribution in [1.29, 1.82) is 0 Å². The van der Waals surface area contributed by atoms with Gasteiger partial charge in [-0.05, 0) is 47.4 Å². The van der Waals surface area contributed by atoms with Crippen LogP contribution in [0, 0.1) is 3.57 Å². The van der Waals surface area contributed by atoms with E-state index in [-0.39, 0.29) is 5.56 Å². The van der Waals surface area contributed by atoms with Gasteiger partial charge < -0.3 is 4.98 Å². The molecule has 3 nitrogen and oxygen atoms in total. The van der Waals surface area contributed by atoms with Gasteiger partial charge in [0, 0.05) is 12.3 Å². The summed E-state index contributed by atoms with van der Waals surface area (Å²) in [4.78, 5) is 19.4. The molecule has 1 aliphatic rings. The molecular weight excluding hydrogens is 351 g/mol. The lowest BCUT2D eigenvalue weighted by Gasteiger charge is -2.06. The number of aromatic amines is 1. The van der Waals surface area contributed by atoms with Crippen LogP contribution in [0.2, 0.25) is 0 Å². The molecule has 1 aliphatic carbocycles. The van der Waals surface area contributed by atoms with Crippen molar-refractivity contribution >= 4 is 22.6 Å². The second-order valence-corrected chi connectivity index (χ2v) is 6.05. The predicted octanol–water partition coefficient (Wildman–Crippen LogP) is 3.04. The Hall–Kier alpha value is -1.17. The molecule has 2 aromatic rings. The SMILES string of the molecule is O=c1[nH]c(CCc2ccccc2)nc(C2CC2)c1I. The molecule has 0 aliphatic heterocycles. The van der Waals surface area contributed by atoms with Crippen LogP contribution in [0.1, 0.15) is 35.8 Å². The molecule has 19 heavy (non-hydrogen) atoms. The van der Waals surface area contributed by atoms with E-state index in [1.807, 2.05) is 18.2 Å². The van der Waals surface area contributed by atoms with Gasteiger partial charge in [-0.25, -0.2) is 4.98 Å². The van der Waals surface area contributed by atoms with E-state index in [9.17, 15) is 4.79 Å². The minimum absolute atomic E-state index is 0.0144. The van der Waals surface area contributed by atoms with Gasteiger partial charge in [-0.3, -0.25) is 4.79 Å². The van der Waals surface area contributed by atoms with E-state index in [1.165, 1.54) is 18.4 Å². The van der Waals surface area contributed by atoms with Gasteiger partial charge in [0.05, 0.1) is 9.26 Å². The first kappa shape index (κ1) is 12.8. The van der Waals surface area contributed by atoms with Crippen LogP contribution in [0.3, 0.4) is 0 Å². The Bertz CT molecular complexity index is 632. The first-order valence-electron chi connectivity index (χ1n) is 6.56. The molecule has 3 rings (SSSR count). The Balaban J connectivity index is 1.79. The number of halogens is 1. The minimum atomic E-state index is 0.0144. The highest BCUT2D eigenvalue weighted by molar-refractivity contribution is 14.1. The topological polar surface area (TPSA) is 45.8 Å². The Morgan fingerprint density at radius 2 is 1.95 bits per heavy atom. The lowest BCUT2D eigenvalue weighted by Crippen LogP contribution is -2.18. The second kappa shape index (κ2) is 5.45. The number of rotatable bonds is 4. The molecule has 1 aromatic heterocycles. The molecule has 0 radical (unpaired) electrons. The molecule has 0 atom stereocenters. The van der Waals surface area contributed by atoms with E-state index in [1.54, 1.807) is 0 Å². The smallest absolute Gasteiger partial charge is 0.264 e. The third-order valence-corrected chi connectivity index (χ3v) is 4.44. The molecule has 1 heterocycles. The summed E-state index contributed by atoms with van der Waals surface area (Å²) >= 11 is 2.11. The third-order valence-electron chi connectivity index (χ3n) is 3.39. The Morgan fingerprint density at radius 1 is 1.21 bits per heavy atom. The number of H-pyrrole nitrogens is 1. The van der Waals surface area contributed by atoms with Crippen molar-refractivity contribution in [1.82, 2.24) is 9.97 Å². The summed E-state index contributed by atoms with van der Waals surface area (Å²) in [5.74, 6) is 1.33. The normalized spacial score (nSPS) is 14.6. The maximum Gasteiger partial charge on any atom is 0.264 e. The highest BCUT2D eigenvalue weighted by atomic mass is 127. The van der Waals surface area contributed by atoms with E-state index in [0.717, 1.165) is 27.9 Å². The van der Waals surface area contributed by atoms with Crippen LogP contribution in [-0.4, -0.2) is 9.97 Å². The zero-order valence-corrected chi connectivity index (χ0v) is 12.7. The van der Waals surface area contributed by atoms with Gasteiger partial charge in [0.2, 0.25) is 0 Å². The van der Waals surface area contributed by atoms with Gasteiger partial charge in [-0.2, -0.15) is 0 Å². The Labute approximate surface area is 125 Å². The maximum absolute atomic E-state index is 11.9. The van der Waals surface area contributed by atoms with E-state index in [4.69, 9.17) is 0 Å². The average molecular weight is 366 g/mol. The van der Waals surface area contributed by atoms with Gasteiger partial charge in [0.1, 0.15) is 5.82 Å². The first-order chi connectivity index (χ1) is 9.24. The van der Waals surface area contributed by atoms with E-state index < -0.39 is 0 Å². The predicted molar refractivity (Wildman–Crippen MR) is 83.4 cm³/mol. The van der Waals surface area contributed by atoms with Crippen molar-refractivity contribution in [3.63, 3.8) is 0 Å². The number of hydrogen-bond donors (Lipinski definition) is 1. The fourth-order valence-corrected chi connectivity index (χ4v) is 2.87. The fourth-order valence-electron chi connectivity index (χ4n) is 2.18. The summed E-state index contributed by atoms with van der Waals surface area (Å²) in [6.45, 7) is 0. The lowest BCUT2D eigenvalue weighted by molar-refractivity contribution is 0.810. The molecule has 1 saturated carbocycles. The Morgan fingerprint density at radius 3 is 2.63 bits per heavy atom. The van der Waals surface area contributed by atoms with E-state index in [0.29, 0.717) is 5.92 Å². The average Bonchev–Trinajstić information content (AvgIpc) is 3.25. The van der Waals surface area contributed by atoms with Crippen LogP contribution >= 0.6 is 22.6 Å². The van der Waals surface area contributed by atoms with Crippen LogP contribution in [0.5, 0.6) is 0 Å². The molecule has 1 N–H and O–H groups in total. The van der Waals surface area contributed by atoms with Crippen molar-refractivity contribution in [3.8, 4) is 0 Å². The van der Waals surface area contributed by atoms with Gasteiger partial charge >= 0.3 is 0 Å². The number of aromatic nitrogens is 2. The highest BCUT2D eigenvalue weighted by Gasteiger charge is 2.28. The number of aryl methyl sites for hydroxylation is 2. The lowest BCUT2D eigenvalue weighted by atomic mass is 10.1. The fraction of sp³-hybridized carbons (Fsp3) is 0.333. The minimum Gasteiger partial charge on any atom is -0.310 e. The second-order valence-electron chi connectivity index (χ2n) is 4.97. The summed E-state index contributed by atoms with van der Waals surface area (Å²) in [5.41, 5.74) is 2.30. The summed E-state index contributed by atoms with van der Waals surface area (Å²) in [5, 5.41) is 0. The molecule has 98 valence electrons. The van der Waals surface area contributed by atoms with Gasteiger partial charge in [0.25, 0.3) is 5.56 Å². The van der Waals surface area contributed by atoms with Gasteiger partial charge in [0.15, 0.2) is 0 Å². The zero-order valence-electron chi connectivity index (χ0n) is 10.5. The zero-order chi connectivity index (χ0) is 13.2. The van der Waals surface area contributed by atoms with Crippen molar-refractivity contribution in [2.45, 2.75) is 31.6 Å². The van der Waals surface area contributed by atoms with Gasteiger partial charge in [-0.1, -0.05) is 30.3 Å². The number of nitrogens with one attached hydrogen (secondary N) is 1. The van der Waals surface area contributed by atoms with Crippen molar-refractivity contribution in [3.05, 3.63) is 61.3 Å². The van der Waals surface area contributed by atoms with Gasteiger partial charge in [-0.15, -0.1) is 0 Å². The molecule has 0 spiro atoms. The number of hydrogen-bond acceptors (Lipinski definition) is 2. The molecule has 4 heteroatoms. The maximum atomic E-state index is 11.9.